The molecule has 0 heterocycles. The summed E-state index contributed by atoms with van der Waals surface area (Å²) in [5, 5.41) is 44.2. The van der Waals surface area contributed by atoms with E-state index in [0.717, 1.165) is 38.5 Å². The van der Waals surface area contributed by atoms with Gasteiger partial charge in [0.05, 0.1) is 18.8 Å². The van der Waals surface area contributed by atoms with Crippen LogP contribution < -0.4 is 5.32 Å². The van der Waals surface area contributed by atoms with E-state index in [4.69, 9.17) is 0 Å². The van der Waals surface area contributed by atoms with Gasteiger partial charge in [0.1, 0.15) is 12.2 Å². The smallest absolute Gasteiger partial charge is 0.249 e. The highest BCUT2D eigenvalue weighted by molar-refractivity contribution is 5.80. The van der Waals surface area contributed by atoms with Crippen molar-refractivity contribution in [2.75, 3.05) is 6.61 Å². The maximum Gasteiger partial charge on any atom is 0.249 e. The molecule has 0 aliphatic heterocycles. The largest absolute Gasteiger partial charge is 0.394 e. The molecule has 0 aliphatic rings. The van der Waals surface area contributed by atoms with Gasteiger partial charge in [0.2, 0.25) is 5.91 Å². The monoisotopic (exact) mass is 1130 g/mol. The van der Waals surface area contributed by atoms with Gasteiger partial charge in [-0.05, 0) is 51.4 Å². The van der Waals surface area contributed by atoms with E-state index in [0.29, 0.717) is 19.3 Å². The van der Waals surface area contributed by atoms with Gasteiger partial charge in [0.25, 0.3) is 0 Å². The summed E-state index contributed by atoms with van der Waals surface area (Å²) in [6.45, 7) is 4.10. The van der Waals surface area contributed by atoms with Crippen LogP contribution in [0.25, 0.3) is 0 Å². The Morgan fingerprint density at radius 1 is 0.300 bits per heavy atom. The zero-order valence-electron chi connectivity index (χ0n) is 54.4. The van der Waals surface area contributed by atoms with Crippen LogP contribution in [0.15, 0.2) is 24.3 Å². The molecule has 0 spiro atoms. The number of amides is 1. The minimum absolute atomic E-state index is 0.365. The fraction of sp³-hybridized carbons (Fsp3) is 0.932. The summed E-state index contributed by atoms with van der Waals surface area (Å²) < 4.78 is 0. The van der Waals surface area contributed by atoms with Gasteiger partial charge in [-0.2, -0.15) is 0 Å². The first-order valence-corrected chi connectivity index (χ1v) is 36.7. The van der Waals surface area contributed by atoms with E-state index in [1.807, 2.05) is 0 Å². The molecule has 0 aliphatic carbocycles. The van der Waals surface area contributed by atoms with Crippen molar-refractivity contribution in [3.8, 4) is 0 Å². The van der Waals surface area contributed by atoms with E-state index in [1.54, 1.807) is 0 Å². The topological polar surface area (TPSA) is 110 Å². The van der Waals surface area contributed by atoms with Crippen LogP contribution in [0.3, 0.4) is 0 Å². The Labute approximate surface area is 501 Å². The second-order valence-corrected chi connectivity index (χ2v) is 25.6. The number of aliphatic hydroxyl groups is 4. The highest BCUT2D eigenvalue weighted by Gasteiger charge is 2.28. The lowest BCUT2D eigenvalue weighted by atomic mass is 10.00. The van der Waals surface area contributed by atoms with Crippen LogP contribution in [-0.2, 0) is 4.79 Å². The standard InChI is InChI=1S/C74H145NO5/c1-3-5-7-9-11-13-15-17-19-21-23-25-27-29-31-33-35-36-37-38-40-42-44-46-48-50-52-54-56-58-60-62-64-66-68-72(78)74(80)75-70(69-76)73(79)71(77)67-65-63-61-59-57-55-53-51-49-47-45-43-41-39-34-32-30-28-26-24-22-20-18-16-14-12-10-8-6-4-2/h51,53,59,61,70-73,76-79H,3-50,52,54-58,60,62-69H2,1-2H3,(H,75,80)/b53-51+,61-59+. The van der Waals surface area contributed by atoms with Crippen molar-refractivity contribution < 1.29 is 25.2 Å². The lowest BCUT2D eigenvalue weighted by Gasteiger charge is -2.27. The molecule has 0 aromatic rings. The highest BCUT2D eigenvalue weighted by Crippen LogP contribution is 2.20. The molecule has 0 saturated heterocycles. The minimum atomic E-state index is -1.29. The number of nitrogens with one attached hydrogen (secondary N) is 1. The van der Waals surface area contributed by atoms with E-state index < -0.39 is 36.9 Å². The Balaban J connectivity index is 3.55. The van der Waals surface area contributed by atoms with Crippen molar-refractivity contribution in [3.63, 3.8) is 0 Å². The predicted molar refractivity (Wildman–Crippen MR) is 353 cm³/mol. The molecule has 0 fully saturated rings. The first-order valence-electron chi connectivity index (χ1n) is 36.7. The molecular weight excluding hydrogens is 983 g/mol. The fourth-order valence-electron chi connectivity index (χ4n) is 12.0. The Kier molecular flexibility index (Phi) is 67.5. The van der Waals surface area contributed by atoms with Gasteiger partial charge in [-0.3, -0.25) is 4.79 Å². The highest BCUT2D eigenvalue weighted by atomic mass is 16.3. The van der Waals surface area contributed by atoms with Crippen LogP contribution >= 0.6 is 0 Å². The summed E-state index contributed by atoms with van der Waals surface area (Å²) in [5.41, 5.74) is 0. The molecule has 0 aromatic carbocycles. The van der Waals surface area contributed by atoms with Gasteiger partial charge in [0.15, 0.2) is 0 Å². The maximum atomic E-state index is 12.7. The molecule has 6 nitrogen and oxygen atoms in total. The van der Waals surface area contributed by atoms with Crippen LogP contribution in [0.4, 0.5) is 0 Å². The first kappa shape index (κ1) is 78.8. The van der Waals surface area contributed by atoms with E-state index in [-0.39, 0.29) is 0 Å². The normalized spacial score (nSPS) is 13.5. The van der Waals surface area contributed by atoms with Crippen molar-refractivity contribution in [1.29, 1.82) is 0 Å². The Morgan fingerprint density at radius 2 is 0.525 bits per heavy atom. The molecule has 0 rings (SSSR count). The van der Waals surface area contributed by atoms with Crippen molar-refractivity contribution >= 4 is 5.91 Å². The van der Waals surface area contributed by atoms with E-state index >= 15 is 0 Å². The second-order valence-electron chi connectivity index (χ2n) is 25.6. The lowest BCUT2D eigenvalue weighted by Crippen LogP contribution is -2.53. The number of carbonyl (C=O) groups excluding carboxylic acids is 1. The Bertz CT molecular complexity index is 1220. The molecule has 80 heavy (non-hydrogen) atoms. The molecule has 0 aromatic heterocycles. The average molecular weight is 1130 g/mol. The Morgan fingerprint density at radius 3 is 0.787 bits per heavy atom. The van der Waals surface area contributed by atoms with Crippen LogP contribution in [0.2, 0.25) is 0 Å². The molecule has 6 heteroatoms. The fourth-order valence-corrected chi connectivity index (χ4v) is 12.0. The van der Waals surface area contributed by atoms with E-state index in [1.165, 1.54) is 340 Å². The van der Waals surface area contributed by atoms with E-state index in [9.17, 15) is 25.2 Å². The number of aliphatic hydroxyl groups excluding tert-OH is 4. The number of allylic oxidation sites excluding steroid dienone is 4. The van der Waals surface area contributed by atoms with Crippen LogP contribution in [0, 0.1) is 0 Å². The molecule has 4 unspecified atom stereocenters. The van der Waals surface area contributed by atoms with Gasteiger partial charge in [-0.25, -0.2) is 0 Å². The van der Waals surface area contributed by atoms with Gasteiger partial charge >= 0.3 is 0 Å². The summed E-state index contributed by atoms with van der Waals surface area (Å²) in [5.74, 6) is -0.589. The zero-order chi connectivity index (χ0) is 58.0. The number of carbonyl (C=O) groups is 1. The quantitative estimate of drug-likeness (QED) is 0.0308. The van der Waals surface area contributed by atoms with Crippen LogP contribution in [0.1, 0.15) is 412 Å². The number of hydrogen-bond donors (Lipinski definition) is 5. The summed E-state index contributed by atoms with van der Waals surface area (Å²) in [6, 6.07) is -1.01. The van der Waals surface area contributed by atoms with Crippen LogP contribution in [0.5, 0.6) is 0 Å². The minimum Gasteiger partial charge on any atom is -0.394 e. The maximum absolute atomic E-state index is 12.7. The van der Waals surface area contributed by atoms with Gasteiger partial charge < -0.3 is 25.7 Å². The molecule has 5 N–H and O–H groups in total. The number of hydrogen-bond acceptors (Lipinski definition) is 5. The number of unbranched alkanes of at least 4 members (excludes halogenated alkanes) is 56. The van der Waals surface area contributed by atoms with Crippen molar-refractivity contribution in [2.24, 2.45) is 0 Å². The SMILES string of the molecule is CCCCCCCCCCCCCCCCCCCCCCC/C=C/CC/C=C/CCCC(O)C(O)C(CO)NC(=O)C(O)CCCCCCCCCCCCCCCCCCCCCCCCCCCCCCCCCCCC. The number of rotatable bonds is 69. The third-order valence-corrected chi connectivity index (χ3v) is 17.6. The van der Waals surface area contributed by atoms with E-state index in [2.05, 4.69) is 43.5 Å². The lowest BCUT2D eigenvalue weighted by molar-refractivity contribution is -0.132. The molecule has 1 amide bonds. The zero-order valence-corrected chi connectivity index (χ0v) is 54.4. The summed E-state index contributed by atoms with van der Waals surface area (Å²) in [6.07, 6.45) is 87.6. The van der Waals surface area contributed by atoms with Crippen molar-refractivity contribution in [2.45, 2.75) is 436 Å². The Hall–Kier alpha value is -1.21. The third kappa shape index (κ3) is 61.4. The summed E-state index contributed by atoms with van der Waals surface area (Å²) in [7, 11) is 0. The summed E-state index contributed by atoms with van der Waals surface area (Å²) >= 11 is 0. The van der Waals surface area contributed by atoms with Gasteiger partial charge in [-0.1, -0.05) is 385 Å². The molecular formula is C74H145NO5. The van der Waals surface area contributed by atoms with Crippen LogP contribution in [-0.4, -0.2) is 57.3 Å². The van der Waals surface area contributed by atoms with Crippen molar-refractivity contribution in [1.82, 2.24) is 5.32 Å². The van der Waals surface area contributed by atoms with Crippen molar-refractivity contribution in [3.05, 3.63) is 24.3 Å². The molecule has 4 atom stereocenters. The second kappa shape index (κ2) is 68.6. The molecule has 476 valence electrons. The summed E-state index contributed by atoms with van der Waals surface area (Å²) in [4.78, 5) is 12.7. The molecule has 0 bridgehead atoms. The van der Waals surface area contributed by atoms with Gasteiger partial charge in [-0.15, -0.1) is 0 Å². The predicted octanol–water partition coefficient (Wildman–Crippen LogP) is 22.9. The molecule has 0 saturated carbocycles. The first-order chi connectivity index (χ1) is 39.5. The van der Waals surface area contributed by atoms with Gasteiger partial charge in [0, 0.05) is 0 Å². The molecule has 0 radical (unpaired) electrons. The average Bonchev–Trinajstić information content (AvgIpc) is 3.46. The third-order valence-electron chi connectivity index (χ3n) is 17.6.